The lowest BCUT2D eigenvalue weighted by molar-refractivity contribution is 0.0924. The van der Waals surface area contributed by atoms with Crippen molar-refractivity contribution in [2.45, 2.75) is 25.3 Å². The zero-order valence-electron chi connectivity index (χ0n) is 11.5. The molecule has 0 aliphatic carbocycles. The van der Waals surface area contributed by atoms with Gasteiger partial charge in [-0.05, 0) is 32.5 Å². The maximum absolute atomic E-state index is 13.9. The number of hydrogen-bond acceptors (Lipinski definition) is 5. The van der Waals surface area contributed by atoms with Gasteiger partial charge in [-0.3, -0.25) is 4.79 Å². The number of carbonyl (C=O) groups excluding carboxylic acids is 1. The third-order valence-electron chi connectivity index (χ3n) is 3.69. The summed E-state index contributed by atoms with van der Waals surface area (Å²) in [6.07, 6.45) is 4.74. The Morgan fingerprint density at radius 1 is 1.60 bits per heavy atom. The predicted octanol–water partition coefficient (Wildman–Crippen LogP) is 0.720. The van der Waals surface area contributed by atoms with Gasteiger partial charge in [0.15, 0.2) is 11.6 Å². The van der Waals surface area contributed by atoms with Crippen LogP contribution in [0.15, 0.2) is 12.3 Å². The number of hydrazine groups is 1. The normalized spacial score (nSPS) is 19.6. The highest BCUT2D eigenvalue weighted by atomic mass is 19.1. The Balaban J connectivity index is 1.98. The minimum absolute atomic E-state index is 0.0496. The van der Waals surface area contributed by atoms with Crippen LogP contribution < -0.4 is 16.6 Å². The van der Waals surface area contributed by atoms with Crippen molar-refractivity contribution in [1.29, 1.82) is 0 Å². The zero-order valence-corrected chi connectivity index (χ0v) is 11.5. The molecule has 0 radical (unpaired) electrons. The first kappa shape index (κ1) is 14.7. The number of rotatable bonds is 4. The van der Waals surface area contributed by atoms with Crippen molar-refractivity contribution in [3.05, 3.63) is 23.6 Å². The molecule has 2 heterocycles. The molecule has 6 nitrogen and oxygen atoms in total. The number of nitrogens with zero attached hydrogens (tertiary/aromatic N) is 2. The largest absolute Gasteiger partial charge is 0.350 e. The minimum atomic E-state index is -0.732. The summed E-state index contributed by atoms with van der Waals surface area (Å²) in [6.45, 7) is 1.55. The molecule has 0 saturated carbocycles. The van der Waals surface area contributed by atoms with Crippen LogP contribution >= 0.6 is 0 Å². The number of halogens is 1. The zero-order chi connectivity index (χ0) is 14.5. The minimum Gasteiger partial charge on any atom is -0.350 e. The molecule has 1 atom stereocenters. The lowest BCUT2D eigenvalue weighted by Gasteiger charge is -2.32. The van der Waals surface area contributed by atoms with Crippen molar-refractivity contribution in [3.63, 3.8) is 0 Å². The van der Waals surface area contributed by atoms with Gasteiger partial charge in [0.1, 0.15) is 0 Å². The molecule has 110 valence electrons. The average Bonchev–Trinajstić information content (AvgIpc) is 2.46. The smallest absolute Gasteiger partial charge is 0.254 e. The molecule has 1 aliphatic rings. The number of amides is 1. The highest BCUT2D eigenvalue weighted by molar-refractivity contribution is 5.95. The molecule has 1 saturated heterocycles. The summed E-state index contributed by atoms with van der Waals surface area (Å²) in [6, 6.07) is 1.65. The third-order valence-corrected chi connectivity index (χ3v) is 3.69. The summed E-state index contributed by atoms with van der Waals surface area (Å²) in [5.41, 5.74) is 2.08. The van der Waals surface area contributed by atoms with Crippen molar-refractivity contribution in [1.82, 2.24) is 15.2 Å². The average molecular weight is 281 g/mol. The van der Waals surface area contributed by atoms with Crippen LogP contribution in [0.25, 0.3) is 0 Å². The van der Waals surface area contributed by atoms with E-state index in [1.807, 2.05) is 7.05 Å². The van der Waals surface area contributed by atoms with E-state index in [9.17, 15) is 9.18 Å². The summed E-state index contributed by atoms with van der Waals surface area (Å²) in [7, 11) is 2.04. The monoisotopic (exact) mass is 281 g/mol. The molecule has 7 heteroatoms. The van der Waals surface area contributed by atoms with Gasteiger partial charge in [-0.1, -0.05) is 6.42 Å². The van der Waals surface area contributed by atoms with Crippen LogP contribution in [-0.2, 0) is 0 Å². The van der Waals surface area contributed by atoms with Crippen LogP contribution in [0.1, 0.15) is 29.6 Å². The molecule has 1 aromatic rings. The second-order valence-corrected chi connectivity index (χ2v) is 5.01. The Morgan fingerprint density at radius 2 is 2.40 bits per heavy atom. The predicted molar refractivity (Wildman–Crippen MR) is 74.6 cm³/mol. The Hall–Kier alpha value is -1.73. The van der Waals surface area contributed by atoms with E-state index in [1.165, 1.54) is 18.7 Å². The van der Waals surface area contributed by atoms with E-state index in [4.69, 9.17) is 5.84 Å². The van der Waals surface area contributed by atoms with Gasteiger partial charge in [0.25, 0.3) is 5.91 Å². The van der Waals surface area contributed by atoms with Gasteiger partial charge in [0.2, 0.25) is 0 Å². The first-order chi connectivity index (χ1) is 9.63. The third kappa shape index (κ3) is 3.23. The van der Waals surface area contributed by atoms with E-state index in [0.717, 1.165) is 19.4 Å². The van der Waals surface area contributed by atoms with E-state index in [-0.39, 0.29) is 11.4 Å². The molecule has 1 aliphatic heterocycles. The number of nitrogens with two attached hydrogens (primary N) is 1. The van der Waals surface area contributed by atoms with Crippen LogP contribution in [0.2, 0.25) is 0 Å². The van der Waals surface area contributed by atoms with Crippen LogP contribution in [-0.4, -0.2) is 42.0 Å². The lowest BCUT2D eigenvalue weighted by atomic mass is 10.0. The first-order valence-electron chi connectivity index (χ1n) is 6.73. The van der Waals surface area contributed by atoms with E-state index < -0.39 is 11.7 Å². The van der Waals surface area contributed by atoms with Crippen LogP contribution in [0.3, 0.4) is 0 Å². The van der Waals surface area contributed by atoms with Gasteiger partial charge in [0.05, 0.1) is 5.56 Å². The molecule has 0 aromatic carbocycles. The Labute approximate surface area is 117 Å². The number of likely N-dealkylation sites (tertiary alicyclic amines) is 1. The molecule has 1 aromatic heterocycles. The molecule has 20 heavy (non-hydrogen) atoms. The Bertz CT molecular complexity index is 482. The number of pyridine rings is 1. The van der Waals surface area contributed by atoms with Crippen molar-refractivity contribution >= 4 is 11.7 Å². The number of nitrogens with one attached hydrogen (secondary N) is 2. The number of piperidine rings is 1. The molecule has 2 rings (SSSR count). The van der Waals surface area contributed by atoms with Crippen LogP contribution in [0.5, 0.6) is 0 Å². The number of aromatic nitrogens is 1. The summed E-state index contributed by atoms with van der Waals surface area (Å²) < 4.78 is 13.9. The number of anilines is 1. The molecule has 4 N–H and O–H groups in total. The fraction of sp³-hybridized carbons (Fsp3) is 0.538. The van der Waals surface area contributed by atoms with Gasteiger partial charge in [-0.15, -0.1) is 0 Å². The highest BCUT2D eigenvalue weighted by Gasteiger charge is 2.21. The van der Waals surface area contributed by atoms with Crippen LogP contribution in [0, 0.1) is 5.82 Å². The molecular weight excluding hydrogens is 261 g/mol. The van der Waals surface area contributed by atoms with E-state index in [1.54, 1.807) is 0 Å². The van der Waals surface area contributed by atoms with Crippen molar-refractivity contribution in [2.24, 2.45) is 5.84 Å². The van der Waals surface area contributed by atoms with Crippen molar-refractivity contribution in [3.8, 4) is 0 Å². The second-order valence-electron chi connectivity index (χ2n) is 5.01. The fourth-order valence-corrected chi connectivity index (χ4v) is 2.43. The topological polar surface area (TPSA) is 83.3 Å². The number of hydrogen-bond donors (Lipinski definition) is 3. The number of carbonyl (C=O) groups is 1. The van der Waals surface area contributed by atoms with Gasteiger partial charge >= 0.3 is 0 Å². The first-order valence-corrected chi connectivity index (χ1v) is 6.73. The summed E-state index contributed by atoms with van der Waals surface area (Å²) in [5.74, 6) is 3.83. The summed E-state index contributed by atoms with van der Waals surface area (Å²) in [4.78, 5) is 17.9. The molecule has 1 amide bonds. The van der Waals surface area contributed by atoms with E-state index >= 15 is 0 Å². The summed E-state index contributed by atoms with van der Waals surface area (Å²) in [5, 5.41) is 2.77. The molecule has 0 bridgehead atoms. The van der Waals surface area contributed by atoms with E-state index in [0.29, 0.717) is 12.6 Å². The second kappa shape index (κ2) is 6.62. The lowest BCUT2D eigenvalue weighted by Crippen LogP contribution is -2.44. The van der Waals surface area contributed by atoms with Gasteiger partial charge in [-0.25, -0.2) is 15.2 Å². The van der Waals surface area contributed by atoms with Crippen LogP contribution in [0.4, 0.5) is 10.2 Å². The molecular formula is C13H20FN5O. The quantitative estimate of drug-likeness (QED) is 0.559. The summed E-state index contributed by atoms with van der Waals surface area (Å²) >= 11 is 0. The number of nitrogen functional groups attached to an aromatic ring is 1. The van der Waals surface area contributed by atoms with Crippen molar-refractivity contribution < 1.29 is 9.18 Å². The molecule has 1 fully saturated rings. The number of likely N-dealkylation sites (N-methyl/N-ethyl adjacent to an activating group) is 1. The SMILES string of the molecule is CN1CCCCC1CNC(=O)c1ccnc(NN)c1F. The fourth-order valence-electron chi connectivity index (χ4n) is 2.43. The van der Waals surface area contributed by atoms with Crippen molar-refractivity contribution in [2.75, 3.05) is 25.6 Å². The maximum Gasteiger partial charge on any atom is 0.254 e. The Kier molecular flexibility index (Phi) is 4.86. The highest BCUT2D eigenvalue weighted by Crippen LogP contribution is 2.16. The molecule has 1 unspecified atom stereocenters. The van der Waals surface area contributed by atoms with Gasteiger partial charge < -0.3 is 15.6 Å². The molecule has 0 spiro atoms. The standard InChI is InChI=1S/C13H20FN5O/c1-19-7-3-2-4-9(19)8-17-13(20)10-5-6-16-12(18-15)11(10)14/h5-6,9H,2-4,7-8,15H2,1H3,(H,16,18)(H,17,20). The maximum atomic E-state index is 13.9. The Morgan fingerprint density at radius 3 is 3.10 bits per heavy atom. The van der Waals surface area contributed by atoms with Gasteiger partial charge in [0, 0.05) is 18.8 Å². The van der Waals surface area contributed by atoms with Gasteiger partial charge in [-0.2, -0.15) is 0 Å². The van der Waals surface area contributed by atoms with E-state index in [2.05, 4.69) is 20.6 Å².